The van der Waals surface area contributed by atoms with E-state index in [0.29, 0.717) is 0 Å². The molecule has 12 heteroatoms. The number of aliphatic hydroxyl groups is 2. The van der Waals surface area contributed by atoms with Crippen molar-refractivity contribution in [3.8, 4) is 0 Å². The summed E-state index contributed by atoms with van der Waals surface area (Å²) in [6.07, 6.45) is -1.34. The van der Waals surface area contributed by atoms with Crippen LogP contribution in [-0.4, -0.2) is 87.0 Å². The van der Waals surface area contributed by atoms with E-state index >= 15 is 0 Å². The van der Waals surface area contributed by atoms with E-state index in [0.717, 1.165) is 11.8 Å². The van der Waals surface area contributed by atoms with Gasteiger partial charge in [-0.25, -0.2) is 0 Å². The second-order valence-electron chi connectivity index (χ2n) is 5.09. The average molecular weight is 381 g/mol. The Kier molecular flexibility index (Phi) is 11.5. The Hall–Kier alpha value is -1.89. The predicted molar refractivity (Wildman–Crippen MR) is 87.8 cm³/mol. The summed E-state index contributed by atoms with van der Waals surface area (Å²) in [6, 6.07) is -2.29. The van der Waals surface area contributed by atoms with Gasteiger partial charge in [0.25, 0.3) is 0 Å². The van der Waals surface area contributed by atoms with Crippen molar-refractivity contribution in [2.24, 2.45) is 5.73 Å². The highest BCUT2D eigenvalue weighted by Gasteiger charge is 2.22. The molecule has 11 nitrogen and oxygen atoms in total. The van der Waals surface area contributed by atoms with Crippen LogP contribution in [0, 0.1) is 0 Å². The smallest absolute Gasteiger partial charge is 0.322 e. The van der Waals surface area contributed by atoms with E-state index in [1.807, 2.05) is 0 Å². The lowest BCUT2D eigenvalue weighted by Crippen LogP contribution is -2.49. The maximum atomic E-state index is 11.9. The number of rotatable bonds is 13. The first-order chi connectivity index (χ1) is 11.7. The minimum Gasteiger partial charge on any atom is -0.480 e. The van der Waals surface area contributed by atoms with Crippen molar-refractivity contribution in [3.63, 3.8) is 0 Å². The van der Waals surface area contributed by atoms with Gasteiger partial charge in [-0.1, -0.05) is 0 Å². The summed E-state index contributed by atoms with van der Waals surface area (Å²) in [7, 11) is 0. The molecule has 0 fully saturated rings. The Morgan fingerprint density at radius 3 is 2.28 bits per heavy atom. The Balaban J connectivity index is 4.58. The van der Waals surface area contributed by atoms with Crippen LogP contribution in [0.25, 0.3) is 0 Å². The Labute approximate surface area is 148 Å². The number of thioether (sulfide) groups is 1. The van der Waals surface area contributed by atoms with Crippen molar-refractivity contribution in [2.75, 3.05) is 24.7 Å². The van der Waals surface area contributed by atoms with Crippen molar-refractivity contribution in [2.45, 2.75) is 31.0 Å². The molecule has 144 valence electrons. The van der Waals surface area contributed by atoms with Gasteiger partial charge in [0.05, 0.1) is 12.7 Å². The first kappa shape index (κ1) is 23.1. The number of nitrogens with two attached hydrogens (primary N) is 1. The summed E-state index contributed by atoms with van der Waals surface area (Å²) in [6.45, 7) is -1.08. The molecule has 3 atom stereocenters. The van der Waals surface area contributed by atoms with Gasteiger partial charge in [0.1, 0.15) is 18.6 Å². The molecule has 0 aliphatic carbocycles. The van der Waals surface area contributed by atoms with Crippen LogP contribution in [0.2, 0.25) is 0 Å². The van der Waals surface area contributed by atoms with Crippen LogP contribution in [-0.2, 0) is 19.2 Å². The van der Waals surface area contributed by atoms with Gasteiger partial charge in [-0.2, -0.15) is 11.8 Å². The molecule has 2 amide bonds. The lowest BCUT2D eigenvalue weighted by Gasteiger charge is -2.18. The number of hydrogen-bond donors (Lipinski definition) is 7. The third-order valence-corrected chi connectivity index (χ3v) is 4.06. The number of amides is 2. The summed E-state index contributed by atoms with van der Waals surface area (Å²) in [5.41, 5.74) is 5.29. The van der Waals surface area contributed by atoms with Gasteiger partial charge in [0.2, 0.25) is 11.8 Å². The van der Waals surface area contributed by atoms with E-state index in [4.69, 9.17) is 21.1 Å². The maximum absolute atomic E-state index is 11.9. The van der Waals surface area contributed by atoms with Crippen molar-refractivity contribution in [1.82, 2.24) is 10.6 Å². The quantitative estimate of drug-likeness (QED) is 0.172. The average Bonchev–Trinajstić information content (AvgIpc) is 2.55. The SMILES string of the molecule is N[C@@H](CCC(=O)N[C@@H](CSCC(O)CO)C(=O)NCC(=O)O)C(=O)O. The molecular weight excluding hydrogens is 358 g/mol. The van der Waals surface area contributed by atoms with Crippen molar-refractivity contribution < 1.29 is 39.6 Å². The molecular formula is C13H23N3O8S. The molecule has 0 aliphatic rings. The number of carbonyl (C=O) groups excluding carboxylic acids is 2. The first-order valence-electron chi connectivity index (χ1n) is 7.31. The molecule has 0 radical (unpaired) electrons. The third-order valence-electron chi connectivity index (χ3n) is 2.87. The number of aliphatic carboxylic acids is 2. The van der Waals surface area contributed by atoms with E-state index in [1.54, 1.807) is 0 Å². The van der Waals surface area contributed by atoms with Crippen LogP contribution in [0.5, 0.6) is 0 Å². The van der Waals surface area contributed by atoms with Gasteiger partial charge >= 0.3 is 11.9 Å². The number of carboxylic acid groups (broad SMARTS) is 2. The van der Waals surface area contributed by atoms with Crippen molar-refractivity contribution >= 4 is 35.5 Å². The molecule has 0 aromatic rings. The predicted octanol–water partition coefficient (Wildman–Crippen LogP) is -3.05. The zero-order chi connectivity index (χ0) is 19.4. The highest BCUT2D eigenvalue weighted by Crippen LogP contribution is 2.07. The van der Waals surface area contributed by atoms with E-state index in [9.17, 15) is 24.3 Å². The molecule has 0 rings (SSSR count). The summed E-state index contributed by atoms with van der Waals surface area (Å²) in [4.78, 5) is 44.9. The monoisotopic (exact) mass is 381 g/mol. The highest BCUT2D eigenvalue weighted by atomic mass is 32.2. The van der Waals surface area contributed by atoms with Gasteiger partial charge in [-0.05, 0) is 6.42 Å². The van der Waals surface area contributed by atoms with E-state index in [1.165, 1.54) is 0 Å². The molecule has 0 heterocycles. The Morgan fingerprint density at radius 1 is 1.12 bits per heavy atom. The number of nitrogens with one attached hydrogen (secondary N) is 2. The van der Waals surface area contributed by atoms with Crippen LogP contribution in [0.15, 0.2) is 0 Å². The van der Waals surface area contributed by atoms with E-state index in [2.05, 4.69) is 10.6 Å². The summed E-state index contributed by atoms with van der Waals surface area (Å²) >= 11 is 1.08. The standard InChI is InChI=1S/C13H23N3O8S/c14-8(13(23)24)1-2-10(19)16-9(6-25-5-7(18)4-17)12(22)15-3-11(20)21/h7-9,17-18H,1-6,14H2,(H,15,22)(H,16,19)(H,20,21)(H,23,24)/t7?,8-,9-/m0/s1. The second kappa shape index (κ2) is 12.5. The number of carboxylic acids is 2. The lowest BCUT2D eigenvalue weighted by molar-refractivity contribution is -0.139. The van der Waals surface area contributed by atoms with Crippen LogP contribution in [0.1, 0.15) is 12.8 Å². The third kappa shape index (κ3) is 11.3. The summed E-state index contributed by atoms with van der Waals surface area (Å²) in [5, 5.41) is 39.7. The molecule has 0 bridgehead atoms. The highest BCUT2D eigenvalue weighted by molar-refractivity contribution is 7.99. The fourth-order valence-corrected chi connectivity index (χ4v) is 2.50. The molecule has 8 N–H and O–H groups in total. The zero-order valence-corrected chi connectivity index (χ0v) is 14.2. The molecule has 1 unspecified atom stereocenters. The fourth-order valence-electron chi connectivity index (χ4n) is 1.52. The topological polar surface area (TPSA) is 199 Å². The van der Waals surface area contributed by atoms with Gasteiger partial charge in [0, 0.05) is 17.9 Å². The molecule has 0 saturated carbocycles. The number of carbonyl (C=O) groups is 4. The van der Waals surface area contributed by atoms with Gasteiger partial charge in [-0.3, -0.25) is 19.2 Å². The van der Waals surface area contributed by atoms with E-state index < -0.39 is 55.1 Å². The van der Waals surface area contributed by atoms with Crippen LogP contribution in [0.4, 0.5) is 0 Å². The van der Waals surface area contributed by atoms with Crippen LogP contribution in [0.3, 0.4) is 0 Å². The van der Waals surface area contributed by atoms with Crippen LogP contribution >= 0.6 is 11.8 Å². The fraction of sp³-hybridized carbons (Fsp3) is 0.692. The minimum absolute atomic E-state index is 0.0270. The largest absolute Gasteiger partial charge is 0.480 e. The Morgan fingerprint density at radius 2 is 1.76 bits per heavy atom. The van der Waals surface area contributed by atoms with Crippen LogP contribution < -0.4 is 16.4 Å². The molecule has 0 saturated heterocycles. The van der Waals surface area contributed by atoms with Gasteiger partial charge in [-0.15, -0.1) is 0 Å². The molecule has 0 spiro atoms. The number of aliphatic hydroxyl groups excluding tert-OH is 2. The molecule has 25 heavy (non-hydrogen) atoms. The summed E-state index contributed by atoms with van der Waals surface area (Å²) < 4.78 is 0. The first-order valence-corrected chi connectivity index (χ1v) is 8.46. The Bertz CT molecular complexity index is 476. The summed E-state index contributed by atoms with van der Waals surface area (Å²) in [5.74, 6) is -3.72. The van der Waals surface area contributed by atoms with Gasteiger partial charge < -0.3 is 36.8 Å². The zero-order valence-electron chi connectivity index (χ0n) is 13.4. The molecule has 0 aromatic carbocycles. The second-order valence-corrected chi connectivity index (χ2v) is 6.16. The number of hydrogen-bond acceptors (Lipinski definition) is 8. The van der Waals surface area contributed by atoms with Gasteiger partial charge in [0.15, 0.2) is 0 Å². The van der Waals surface area contributed by atoms with Crippen molar-refractivity contribution in [1.29, 1.82) is 0 Å². The normalized spacial score (nSPS) is 14.2. The maximum Gasteiger partial charge on any atom is 0.322 e. The lowest BCUT2D eigenvalue weighted by atomic mass is 10.1. The van der Waals surface area contributed by atoms with Crippen molar-refractivity contribution in [3.05, 3.63) is 0 Å². The molecule has 0 aromatic heterocycles. The molecule has 0 aliphatic heterocycles. The van der Waals surface area contributed by atoms with E-state index in [-0.39, 0.29) is 24.3 Å². The minimum atomic E-state index is -1.26.